The molecule has 5 atom stereocenters. The molecule has 3 aliphatic rings. The molecule has 0 spiro atoms. The van der Waals surface area contributed by atoms with E-state index in [2.05, 4.69) is 41.1 Å². The Bertz CT molecular complexity index is 1420. The lowest BCUT2D eigenvalue weighted by molar-refractivity contribution is 0.0982. The first-order valence-corrected chi connectivity index (χ1v) is 16.6. The Morgan fingerprint density at radius 3 is 2.70 bits per heavy atom. The summed E-state index contributed by atoms with van der Waals surface area (Å²) in [6.07, 6.45) is 10.3. The van der Waals surface area contributed by atoms with Crippen LogP contribution in [0.15, 0.2) is 60.7 Å². The molecule has 1 N–H and O–H groups in total. The maximum absolute atomic E-state index is 13.6. The van der Waals surface area contributed by atoms with Crippen molar-refractivity contribution < 1.29 is 13.7 Å². The number of amides is 1. The Morgan fingerprint density at radius 2 is 1.93 bits per heavy atom. The zero-order valence-corrected chi connectivity index (χ0v) is 25.2. The molecule has 0 aromatic heterocycles. The Morgan fingerprint density at radius 1 is 1.10 bits per heavy atom. The summed E-state index contributed by atoms with van der Waals surface area (Å²) in [4.78, 5) is 15.8. The lowest BCUT2D eigenvalue weighted by atomic mass is 9.69. The van der Waals surface area contributed by atoms with Crippen LogP contribution in [-0.4, -0.2) is 34.3 Å². The molecule has 7 heteroatoms. The number of aryl methyl sites for hydroxylation is 1. The van der Waals surface area contributed by atoms with E-state index in [-0.39, 0.29) is 17.1 Å². The summed E-state index contributed by atoms with van der Waals surface area (Å²) in [5, 5.41) is 0.457. The second-order valence-electron chi connectivity index (χ2n) is 11.8. The van der Waals surface area contributed by atoms with Crippen LogP contribution in [0.3, 0.4) is 0 Å². The fourth-order valence-corrected chi connectivity index (χ4v) is 7.75. The van der Waals surface area contributed by atoms with Crippen LogP contribution in [0.1, 0.15) is 67.4 Å². The summed E-state index contributed by atoms with van der Waals surface area (Å²) in [5.41, 5.74) is 4.89. The first-order valence-electron chi connectivity index (χ1n) is 14.4. The molecule has 40 heavy (non-hydrogen) atoms. The van der Waals surface area contributed by atoms with E-state index < -0.39 is 9.71 Å². The number of anilines is 1. The number of allylic oxidation sites excluding steroid dienone is 3. The van der Waals surface area contributed by atoms with Gasteiger partial charge >= 0.3 is 0 Å². The normalized spacial score (nSPS) is 30.4. The fraction of sp³-hybridized carbons (Fsp3) is 0.455. The van der Waals surface area contributed by atoms with E-state index in [0.29, 0.717) is 24.0 Å². The number of halogens is 1. The van der Waals surface area contributed by atoms with Crippen LogP contribution >= 0.6 is 11.6 Å². The largest absolute Gasteiger partial charge is 0.487 e. The molecule has 1 unspecified atom stereocenters. The number of carbonyl (C=O) groups is 1. The second kappa shape index (κ2) is 12.0. The van der Waals surface area contributed by atoms with Crippen LogP contribution in [0.4, 0.5) is 5.69 Å². The summed E-state index contributed by atoms with van der Waals surface area (Å²) in [6.45, 7) is 10.5. The van der Waals surface area contributed by atoms with Gasteiger partial charge in [0.2, 0.25) is 0 Å². The molecule has 1 aliphatic carbocycles. The van der Waals surface area contributed by atoms with Crippen molar-refractivity contribution in [2.75, 3.05) is 18.0 Å². The van der Waals surface area contributed by atoms with Gasteiger partial charge in [0.05, 0.1) is 15.4 Å². The van der Waals surface area contributed by atoms with Crippen LogP contribution in [0, 0.1) is 17.8 Å². The molecule has 1 amide bonds. The van der Waals surface area contributed by atoms with Gasteiger partial charge in [-0.3, -0.25) is 9.52 Å². The van der Waals surface area contributed by atoms with E-state index in [1.807, 2.05) is 37.3 Å². The Balaban J connectivity index is 1.54. The van der Waals surface area contributed by atoms with E-state index in [9.17, 15) is 9.00 Å². The van der Waals surface area contributed by atoms with Gasteiger partial charge in [-0.15, -0.1) is 0 Å². The van der Waals surface area contributed by atoms with Gasteiger partial charge in [0.25, 0.3) is 5.91 Å². The van der Waals surface area contributed by atoms with Crippen LogP contribution in [0.25, 0.3) is 0 Å². The van der Waals surface area contributed by atoms with Gasteiger partial charge in [-0.2, -0.15) is 0 Å². The molecule has 1 fully saturated rings. The maximum Gasteiger partial charge on any atom is 0.262 e. The van der Waals surface area contributed by atoms with Crippen LogP contribution in [0.5, 0.6) is 5.75 Å². The average molecular weight is 581 g/mol. The number of nitrogens with one attached hydrogen (secondary N) is 1. The highest BCUT2D eigenvalue weighted by molar-refractivity contribution is 7.99. The van der Waals surface area contributed by atoms with Crippen LogP contribution < -0.4 is 14.4 Å². The van der Waals surface area contributed by atoms with Gasteiger partial charge in [-0.1, -0.05) is 48.9 Å². The Kier molecular flexibility index (Phi) is 8.67. The van der Waals surface area contributed by atoms with E-state index >= 15 is 0 Å². The Labute approximate surface area is 244 Å². The minimum absolute atomic E-state index is 0.0912. The molecule has 2 heterocycles. The minimum atomic E-state index is -2.87. The van der Waals surface area contributed by atoms with Crippen molar-refractivity contribution in [3.05, 3.63) is 82.4 Å². The van der Waals surface area contributed by atoms with Gasteiger partial charge < -0.3 is 9.64 Å². The lowest BCUT2D eigenvalue weighted by Gasteiger charge is -2.41. The standard InChI is InChI=1S/C33H41ClN2O3S/c1-22-8-7-9-23(2)30-15-12-27(30)20-36-17-6-5-10-25-18-29(34)14-11-28(25)21-39-32-16-13-26(19-31(32)36)33(37)35-40(4,38)24(22)3/h7,9,11,13-14,16,18-19,22,24,27,30H,2,4-6,8,10,12,15,17,20-21H2,1,3H3,(H,35,37,38)/b9-7+/t22-,24+,27-,30-,40?/m0/s1. The molecule has 2 bridgehead atoms. The van der Waals surface area contributed by atoms with Gasteiger partial charge in [-0.05, 0) is 111 Å². The highest BCUT2D eigenvalue weighted by Gasteiger charge is 2.34. The molecule has 214 valence electrons. The molecule has 2 aromatic rings. The molecular formula is C33H41ClN2O3S. The molecule has 0 radical (unpaired) electrons. The number of rotatable bonds is 0. The van der Waals surface area contributed by atoms with Crippen molar-refractivity contribution in [1.82, 2.24) is 4.72 Å². The van der Waals surface area contributed by atoms with Gasteiger partial charge in [-0.25, -0.2) is 4.21 Å². The molecule has 5 nitrogen and oxygen atoms in total. The predicted molar refractivity (Wildman–Crippen MR) is 168 cm³/mol. The summed E-state index contributed by atoms with van der Waals surface area (Å²) in [7, 11) is -2.87. The monoisotopic (exact) mass is 580 g/mol. The zero-order valence-electron chi connectivity index (χ0n) is 23.7. The number of nitrogens with zero attached hydrogens (tertiary/aromatic N) is 1. The zero-order chi connectivity index (χ0) is 28.4. The molecule has 1 saturated carbocycles. The first-order chi connectivity index (χ1) is 19.1. The van der Waals surface area contributed by atoms with E-state index in [1.165, 1.54) is 11.1 Å². The summed E-state index contributed by atoms with van der Waals surface area (Å²) in [6, 6.07) is 11.6. The maximum atomic E-state index is 13.6. The molecule has 0 saturated heterocycles. The summed E-state index contributed by atoms with van der Waals surface area (Å²) < 4.78 is 22.8. The van der Waals surface area contributed by atoms with Crippen molar-refractivity contribution in [3.8, 4) is 5.75 Å². The summed E-state index contributed by atoms with van der Waals surface area (Å²) >= 11 is 6.32. The quantitative estimate of drug-likeness (QED) is 0.341. The van der Waals surface area contributed by atoms with Gasteiger partial charge in [0.15, 0.2) is 0 Å². The second-order valence-corrected chi connectivity index (χ2v) is 14.6. The smallest absolute Gasteiger partial charge is 0.262 e. The van der Waals surface area contributed by atoms with Gasteiger partial charge in [0.1, 0.15) is 12.4 Å². The van der Waals surface area contributed by atoms with E-state index in [0.717, 1.165) is 73.6 Å². The summed E-state index contributed by atoms with van der Waals surface area (Å²) in [5.74, 6) is 5.36. The topological polar surface area (TPSA) is 58.6 Å². The average Bonchev–Trinajstić information content (AvgIpc) is 2.92. The molecule has 2 aliphatic heterocycles. The number of ether oxygens (including phenoxy) is 1. The highest BCUT2D eigenvalue weighted by atomic mass is 35.5. The lowest BCUT2D eigenvalue weighted by Crippen LogP contribution is -2.40. The number of fused-ring (bicyclic) bond motifs is 3. The highest BCUT2D eigenvalue weighted by Crippen LogP contribution is 2.42. The van der Waals surface area contributed by atoms with E-state index in [4.69, 9.17) is 16.3 Å². The van der Waals surface area contributed by atoms with Crippen molar-refractivity contribution in [2.24, 2.45) is 17.8 Å². The van der Waals surface area contributed by atoms with Crippen molar-refractivity contribution >= 4 is 38.8 Å². The third kappa shape index (κ3) is 6.28. The van der Waals surface area contributed by atoms with Crippen molar-refractivity contribution in [2.45, 2.75) is 64.2 Å². The van der Waals surface area contributed by atoms with Gasteiger partial charge in [0, 0.05) is 28.9 Å². The fourth-order valence-electron chi connectivity index (χ4n) is 6.07. The third-order valence-electron chi connectivity index (χ3n) is 9.09. The molecular weight excluding hydrogens is 540 g/mol. The Hall–Kier alpha value is -2.70. The molecule has 2 aromatic carbocycles. The number of hydrogen-bond donors (Lipinski definition) is 1. The number of carbonyl (C=O) groups excluding carboxylic acids is 1. The number of benzene rings is 2. The van der Waals surface area contributed by atoms with Crippen molar-refractivity contribution in [1.29, 1.82) is 0 Å². The van der Waals surface area contributed by atoms with Crippen LogP contribution in [0.2, 0.25) is 5.02 Å². The predicted octanol–water partition coefficient (Wildman–Crippen LogP) is 6.99. The van der Waals surface area contributed by atoms with Crippen LogP contribution in [-0.2, 0) is 22.7 Å². The molecule has 5 rings (SSSR count). The third-order valence-corrected chi connectivity index (χ3v) is 11.5. The first kappa shape index (κ1) is 28.8. The van der Waals surface area contributed by atoms with E-state index in [1.54, 1.807) is 6.07 Å². The SMILES string of the molecule is C=C1/C=C/C[C@H](C)[C@@H](C)S(=C)(=O)NC(=O)c2ccc3c(c2)N(CCCCc2cc(Cl)ccc2CO3)C[C@@H]2CC[C@@H]12. The minimum Gasteiger partial charge on any atom is -0.487 e. The number of hydrogen-bond acceptors (Lipinski definition) is 4. The van der Waals surface area contributed by atoms with Crippen molar-refractivity contribution in [3.63, 3.8) is 0 Å².